The number of carbonyl (C=O) groups excluding carboxylic acids is 1. The Kier molecular flexibility index (Phi) is 12.0. The number of nitrogens with zero attached hydrogens (tertiary/aromatic N) is 2. The van der Waals surface area contributed by atoms with Crippen LogP contribution in [0, 0.1) is 10.1 Å². The van der Waals surface area contributed by atoms with Gasteiger partial charge in [-0.05, 0) is 107 Å². The zero-order valence-corrected chi connectivity index (χ0v) is 33.6. The van der Waals surface area contributed by atoms with E-state index in [4.69, 9.17) is 9.47 Å². The van der Waals surface area contributed by atoms with Crippen molar-refractivity contribution in [2.24, 2.45) is 0 Å². The molecule has 9 nitrogen and oxygen atoms in total. The first-order valence-corrected chi connectivity index (χ1v) is 20.1. The normalized spacial score (nSPS) is 15.1. The van der Waals surface area contributed by atoms with E-state index in [1.54, 1.807) is 0 Å². The number of phenols is 2. The lowest BCUT2D eigenvalue weighted by atomic mass is 9.90. The van der Waals surface area contributed by atoms with E-state index in [1.807, 2.05) is 118 Å². The minimum Gasteiger partial charge on any atom is -0.507 e. The molecule has 0 aromatic heterocycles. The van der Waals surface area contributed by atoms with Gasteiger partial charge >= 0.3 is 0 Å². The number of para-hydroxylation sites is 2. The molecule has 0 spiro atoms. The van der Waals surface area contributed by atoms with Crippen LogP contribution in [0.1, 0.15) is 95.2 Å². The highest BCUT2D eigenvalue weighted by atomic mass is 16.6. The summed E-state index contributed by atoms with van der Waals surface area (Å²) in [7, 11) is 4.00. The van der Waals surface area contributed by atoms with E-state index >= 15 is 0 Å². The van der Waals surface area contributed by atoms with E-state index in [2.05, 4.69) is 0 Å². The summed E-state index contributed by atoms with van der Waals surface area (Å²) in [4.78, 5) is 27.7. The number of nitro groups is 1. The Balaban J connectivity index is 1.37. The minimum atomic E-state index is -0.428. The Morgan fingerprint density at radius 2 is 1.05 bits per heavy atom. The lowest BCUT2D eigenvalue weighted by Gasteiger charge is -2.21. The summed E-state index contributed by atoms with van der Waals surface area (Å²) >= 11 is 0. The van der Waals surface area contributed by atoms with Crippen molar-refractivity contribution in [2.75, 3.05) is 32.2 Å². The second-order valence-electron chi connectivity index (χ2n) is 15.4. The molecule has 2 N–H and O–H groups in total. The van der Waals surface area contributed by atoms with Gasteiger partial charge in [-0.15, -0.1) is 0 Å². The Morgan fingerprint density at radius 3 is 1.45 bits per heavy atom. The van der Waals surface area contributed by atoms with Gasteiger partial charge in [-0.1, -0.05) is 62.4 Å². The van der Waals surface area contributed by atoms with Crippen molar-refractivity contribution >= 4 is 29.3 Å². The summed E-state index contributed by atoms with van der Waals surface area (Å²) in [6.45, 7) is 4.92. The van der Waals surface area contributed by atoms with Gasteiger partial charge in [-0.2, -0.15) is 0 Å². The number of fused-ring (bicyclic) bond motifs is 8. The highest BCUT2D eigenvalue weighted by Crippen LogP contribution is 2.40. The monoisotopic (exact) mass is 778 g/mol. The van der Waals surface area contributed by atoms with Gasteiger partial charge in [-0.25, -0.2) is 0 Å². The summed E-state index contributed by atoms with van der Waals surface area (Å²) in [5, 5.41) is 36.0. The molecule has 7 rings (SSSR count). The SMILES string of the molecule is CCCOc1c2cccc1Cc1cc([N+](=O)[O-])cc(c1O)Cc1cccc(c1OCCC)Cc1cc(/C=C3\CC/C(=C\c4ccc(N(C)C)cc4)C3=O)cc(c1O)C2. The molecule has 0 unspecified atom stereocenters. The first-order chi connectivity index (χ1) is 28.0. The number of aromatic hydroxyl groups is 2. The van der Waals surface area contributed by atoms with E-state index in [0.29, 0.717) is 72.6 Å². The van der Waals surface area contributed by atoms with Crippen LogP contribution < -0.4 is 14.4 Å². The van der Waals surface area contributed by atoms with E-state index < -0.39 is 4.92 Å². The molecular formula is C49H50N2O7. The number of non-ortho nitro benzene ring substituents is 1. The Bertz CT molecular complexity index is 2320. The molecule has 0 saturated heterocycles. The fraction of sp³-hybridized carbons (Fsp3) is 0.286. The molecule has 9 heteroatoms. The predicted molar refractivity (Wildman–Crippen MR) is 230 cm³/mol. The second-order valence-corrected chi connectivity index (χ2v) is 15.4. The smallest absolute Gasteiger partial charge is 0.270 e. The van der Waals surface area contributed by atoms with Gasteiger partial charge in [0, 0.05) is 79.9 Å². The quantitative estimate of drug-likeness (QED) is 0.0801. The van der Waals surface area contributed by atoms with E-state index in [9.17, 15) is 25.1 Å². The zero-order chi connectivity index (χ0) is 40.9. The van der Waals surface area contributed by atoms with Crippen LogP contribution in [0.4, 0.5) is 11.4 Å². The molecule has 1 saturated carbocycles. The standard InChI is InChI=1S/C49H50N2O7/c1-5-19-57-48-35-9-7-11-37(48)27-41-29-44(51(55)56)30-42(47(41)54)28-38-12-8-10-36(49(38)58-20-6-2)26-40-24-32(23-39(25-35)46(40)53)22-34-16-15-33(45(34)52)21-31-13-17-43(18-14-31)50(3)4/h7-14,17-18,21-24,29-30,53-54H,5-6,15-16,19-20,25-28H2,1-4H3/b33-21+,34-22+. The van der Waals surface area contributed by atoms with Gasteiger partial charge in [0.05, 0.1) is 18.1 Å². The van der Waals surface area contributed by atoms with E-state index in [0.717, 1.165) is 63.1 Å². The minimum absolute atomic E-state index is 0.00128. The molecule has 58 heavy (non-hydrogen) atoms. The van der Waals surface area contributed by atoms with Gasteiger partial charge in [-0.3, -0.25) is 14.9 Å². The van der Waals surface area contributed by atoms with Crippen LogP contribution >= 0.6 is 0 Å². The van der Waals surface area contributed by atoms with Crippen molar-refractivity contribution in [3.05, 3.63) is 162 Å². The third kappa shape index (κ3) is 8.64. The Labute approximate surface area is 340 Å². The number of carbonyl (C=O) groups is 1. The van der Waals surface area contributed by atoms with Gasteiger partial charge in [0.2, 0.25) is 0 Å². The largest absolute Gasteiger partial charge is 0.507 e. The summed E-state index contributed by atoms with van der Waals surface area (Å²) in [5.74, 6) is 1.42. The average molecular weight is 779 g/mol. The van der Waals surface area contributed by atoms with Crippen LogP contribution in [0.25, 0.3) is 12.2 Å². The predicted octanol–water partition coefficient (Wildman–Crippen LogP) is 10.2. The number of benzene rings is 5. The third-order valence-corrected chi connectivity index (χ3v) is 10.9. The number of allylic oxidation sites excluding steroid dienone is 2. The highest BCUT2D eigenvalue weighted by Gasteiger charge is 2.25. The second kappa shape index (κ2) is 17.4. The van der Waals surface area contributed by atoms with Gasteiger partial charge in [0.1, 0.15) is 23.0 Å². The number of rotatable bonds is 10. The molecule has 8 bridgehead atoms. The van der Waals surface area contributed by atoms with Crippen molar-refractivity contribution in [2.45, 2.75) is 65.2 Å². The zero-order valence-electron chi connectivity index (χ0n) is 33.6. The topological polar surface area (TPSA) is 122 Å². The maximum atomic E-state index is 13.8. The van der Waals surface area contributed by atoms with Crippen LogP contribution in [0.5, 0.6) is 23.0 Å². The van der Waals surface area contributed by atoms with Gasteiger partial charge in [0.25, 0.3) is 5.69 Å². The van der Waals surface area contributed by atoms with Crippen LogP contribution in [-0.2, 0) is 30.5 Å². The average Bonchev–Trinajstić information content (AvgIpc) is 3.54. The van der Waals surface area contributed by atoms with Gasteiger partial charge in [0.15, 0.2) is 5.78 Å². The van der Waals surface area contributed by atoms with Gasteiger partial charge < -0.3 is 24.6 Å². The molecular weight excluding hydrogens is 729 g/mol. The maximum Gasteiger partial charge on any atom is 0.270 e. The first-order valence-electron chi connectivity index (χ1n) is 20.1. The number of anilines is 1. The molecule has 1 fully saturated rings. The maximum absolute atomic E-state index is 13.8. The number of hydrogen-bond acceptors (Lipinski definition) is 8. The molecule has 0 heterocycles. The lowest BCUT2D eigenvalue weighted by molar-refractivity contribution is -0.385. The van der Waals surface area contributed by atoms with Crippen molar-refractivity contribution in [3.8, 4) is 23.0 Å². The molecule has 0 amide bonds. The highest BCUT2D eigenvalue weighted by molar-refractivity contribution is 6.15. The fourth-order valence-electron chi connectivity index (χ4n) is 7.94. The number of nitro benzene ring substituents is 1. The summed E-state index contributed by atoms with van der Waals surface area (Å²) in [5.41, 5.74) is 9.63. The molecule has 0 radical (unpaired) electrons. The van der Waals surface area contributed by atoms with Crippen molar-refractivity contribution in [1.82, 2.24) is 0 Å². The van der Waals surface area contributed by atoms with E-state index in [1.165, 1.54) is 12.1 Å². The summed E-state index contributed by atoms with van der Waals surface area (Å²) in [6, 6.07) is 26.5. The first kappa shape index (κ1) is 39.9. The molecule has 5 aromatic rings. The molecule has 0 atom stereocenters. The number of Topliss-reactive ketones (excluding diaryl/α,β-unsaturated/α-hetero) is 1. The summed E-state index contributed by atoms with van der Waals surface area (Å²) in [6.07, 6.45) is 7.72. The molecule has 2 aliphatic carbocycles. The molecule has 298 valence electrons. The van der Waals surface area contributed by atoms with Crippen molar-refractivity contribution < 1.29 is 29.4 Å². The van der Waals surface area contributed by atoms with Crippen molar-refractivity contribution in [1.29, 1.82) is 0 Å². The number of ketones is 1. The molecule has 2 aliphatic rings. The number of phenolic OH excluding ortho intramolecular Hbond substituents is 2. The van der Waals surface area contributed by atoms with Crippen molar-refractivity contribution in [3.63, 3.8) is 0 Å². The van der Waals surface area contributed by atoms with Crippen LogP contribution in [-0.4, -0.2) is 48.2 Å². The Morgan fingerprint density at radius 1 is 0.638 bits per heavy atom. The van der Waals surface area contributed by atoms with Crippen LogP contribution in [0.3, 0.4) is 0 Å². The summed E-state index contributed by atoms with van der Waals surface area (Å²) < 4.78 is 12.8. The Hall–Kier alpha value is -6.35. The number of ether oxygens (including phenoxy) is 2. The third-order valence-electron chi connectivity index (χ3n) is 10.9. The number of hydrogen-bond donors (Lipinski definition) is 2. The van der Waals surface area contributed by atoms with Crippen LogP contribution in [0.2, 0.25) is 0 Å². The van der Waals surface area contributed by atoms with E-state index in [-0.39, 0.29) is 35.8 Å². The fourth-order valence-corrected chi connectivity index (χ4v) is 7.94. The lowest BCUT2D eigenvalue weighted by Crippen LogP contribution is -2.07. The van der Waals surface area contributed by atoms with Crippen LogP contribution in [0.15, 0.2) is 96.1 Å². The molecule has 0 aliphatic heterocycles. The molecule has 5 aromatic carbocycles.